The van der Waals surface area contributed by atoms with Crippen LogP contribution in [0.1, 0.15) is 33.1 Å². The van der Waals surface area contributed by atoms with Crippen LogP contribution in [0.3, 0.4) is 0 Å². The third kappa shape index (κ3) is 2.71. The van der Waals surface area contributed by atoms with E-state index < -0.39 is 0 Å². The van der Waals surface area contributed by atoms with Crippen LogP contribution in [0.2, 0.25) is 0 Å². The van der Waals surface area contributed by atoms with E-state index >= 15 is 0 Å². The van der Waals surface area contributed by atoms with E-state index in [1.54, 1.807) is 0 Å². The Morgan fingerprint density at radius 1 is 1.13 bits per heavy atom. The second kappa shape index (κ2) is 4.40. The first-order valence-corrected chi connectivity index (χ1v) is 6.32. The van der Waals surface area contributed by atoms with Crippen molar-refractivity contribution >= 4 is 0 Å². The van der Waals surface area contributed by atoms with Gasteiger partial charge in [0.15, 0.2) is 0 Å². The lowest BCUT2D eigenvalue weighted by molar-refractivity contribution is 0.107. The minimum absolute atomic E-state index is 0.616. The van der Waals surface area contributed by atoms with Gasteiger partial charge in [-0.15, -0.1) is 0 Å². The molecule has 2 heterocycles. The number of nitrogens with zero attached hydrogens (tertiary/aromatic N) is 2. The summed E-state index contributed by atoms with van der Waals surface area (Å²) in [6.45, 7) is 10.7. The van der Waals surface area contributed by atoms with Crippen molar-refractivity contribution in [3.8, 4) is 0 Å². The summed E-state index contributed by atoms with van der Waals surface area (Å²) in [5.41, 5.74) is 0.616. The van der Waals surface area contributed by atoms with E-state index in [1.165, 1.54) is 38.9 Å². The SMILES string of the molecule is CC(C)CN1CCC2(CCN(N)CC2)C1. The molecule has 0 amide bonds. The van der Waals surface area contributed by atoms with Crippen molar-refractivity contribution in [1.82, 2.24) is 9.91 Å². The predicted octanol–water partition coefficient (Wildman–Crippen LogP) is 1.30. The van der Waals surface area contributed by atoms with E-state index in [-0.39, 0.29) is 0 Å². The molecule has 1 spiro atoms. The van der Waals surface area contributed by atoms with Gasteiger partial charge in [-0.3, -0.25) is 5.84 Å². The number of nitrogens with two attached hydrogens (primary N) is 1. The second-order valence-corrected chi connectivity index (χ2v) is 5.91. The van der Waals surface area contributed by atoms with Crippen molar-refractivity contribution in [2.75, 3.05) is 32.7 Å². The molecule has 3 nitrogen and oxygen atoms in total. The van der Waals surface area contributed by atoms with E-state index in [0.717, 1.165) is 19.0 Å². The highest BCUT2D eigenvalue weighted by atomic mass is 15.4. The molecule has 2 saturated heterocycles. The number of rotatable bonds is 2. The highest BCUT2D eigenvalue weighted by Crippen LogP contribution is 2.39. The van der Waals surface area contributed by atoms with Crippen LogP contribution in [0, 0.1) is 11.3 Å². The van der Waals surface area contributed by atoms with E-state index in [0.29, 0.717) is 5.41 Å². The van der Waals surface area contributed by atoms with E-state index in [4.69, 9.17) is 5.84 Å². The summed E-state index contributed by atoms with van der Waals surface area (Å²) in [6, 6.07) is 0. The smallest absolute Gasteiger partial charge is 0.0134 e. The molecular weight excluding hydrogens is 186 g/mol. The van der Waals surface area contributed by atoms with Crippen molar-refractivity contribution < 1.29 is 0 Å². The number of likely N-dealkylation sites (tertiary alicyclic amines) is 1. The largest absolute Gasteiger partial charge is 0.303 e. The van der Waals surface area contributed by atoms with Crippen LogP contribution in [0.4, 0.5) is 0 Å². The normalized spacial score (nSPS) is 28.0. The minimum Gasteiger partial charge on any atom is -0.303 e. The maximum atomic E-state index is 5.82. The summed E-state index contributed by atoms with van der Waals surface area (Å²) in [6.07, 6.45) is 4.00. The molecule has 2 rings (SSSR count). The maximum absolute atomic E-state index is 5.82. The summed E-state index contributed by atoms with van der Waals surface area (Å²) in [7, 11) is 0. The highest BCUT2D eigenvalue weighted by Gasteiger charge is 2.39. The van der Waals surface area contributed by atoms with Gasteiger partial charge in [0.1, 0.15) is 0 Å². The molecular formula is C12H25N3. The molecule has 15 heavy (non-hydrogen) atoms. The van der Waals surface area contributed by atoms with Gasteiger partial charge in [-0.1, -0.05) is 13.8 Å². The zero-order valence-corrected chi connectivity index (χ0v) is 10.2. The van der Waals surface area contributed by atoms with Gasteiger partial charge < -0.3 is 4.90 Å². The Labute approximate surface area is 93.6 Å². The van der Waals surface area contributed by atoms with E-state index in [9.17, 15) is 0 Å². The van der Waals surface area contributed by atoms with Gasteiger partial charge in [0.05, 0.1) is 0 Å². The van der Waals surface area contributed by atoms with Gasteiger partial charge in [0, 0.05) is 26.2 Å². The standard InChI is InChI=1S/C12H25N3/c1-11(2)9-14-6-3-12(10-14)4-7-15(13)8-5-12/h11H,3-10,13H2,1-2H3. The molecule has 0 aromatic carbocycles. The summed E-state index contributed by atoms with van der Waals surface area (Å²) < 4.78 is 0. The van der Waals surface area contributed by atoms with Crippen molar-refractivity contribution in [2.45, 2.75) is 33.1 Å². The fraction of sp³-hybridized carbons (Fsp3) is 1.00. The molecule has 3 heteroatoms. The van der Waals surface area contributed by atoms with Gasteiger partial charge in [-0.05, 0) is 37.1 Å². The van der Waals surface area contributed by atoms with Crippen molar-refractivity contribution in [3.63, 3.8) is 0 Å². The lowest BCUT2D eigenvalue weighted by Crippen LogP contribution is -2.44. The molecule has 0 aliphatic carbocycles. The Morgan fingerprint density at radius 3 is 2.33 bits per heavy atom. The number of hydrogen-bond acceptors (Lipinski definition) is 3. The quantitative estimate of drug-likeness (QED) is 0.699. The molecule has 2 aliphatic heterocycles. The molecule has 0 aromatic heterocycles. The average Bonchev–Trinajstić information content (AvgIpc) is 2.54. The van der Waals surface area contributed by atoms with Gasteiger partial charge in [-0.25, -0.2) is 5.01 Å². The van der Waals surface area contributed by atoms with Gasteiger partial charge in [0.2, 0.25) is 0 Å². The van der Waals surface area contributed by atoms with Gasteiger partial charge in [0.25, 0.3) is 0 Å². The Bertz CT molecular complexity index is 207. The molecule has 0 aromatic rings. The molecule has 88 valence electrons. The van der Waals surface area contributed by atoms with Crippen LogP contribution in [0.25, 0.3) is 0 Å². The van der Waals surface area contributed by atoms with Gasteiger partial charge >= 0.3 is 0 Å². The third-order valence-corrected chi connectivity index (χ3v) is 4.00. The zero-order chi connectivity index (χ0) is 10.9. The first-order chi connectivity index (χ1) is 7.10. The molecule has 2 fully saturated rings. The Kier molecular flexibility index (Phi) is 3.33. The fourth-order valence-corrected chi connectivity index (χ4v) is 3.11. The predicted molar refractivity (Wildman–Crippen MR) is 63.3 cm³/mol. The first-order valence-electron chi connectivity index (χ1n) is 6.32. The lowest BCUT2D eigenvalue weighted by Gasteiger charge is -2.37. The molecule has 2 aliphatic rings. The summed E-state index contributed by atoms with van der Waals surface area (Å²) in [5.74, 6) is 6.62. The first kappa shape index (κ1) is 11.4. The van der Waals surface area contributed by atoms with E-state index in [1.807, 2.05) is 5.01 Å². The molecule has 0 radical (unpaired) electrons. The summed E-state index contributed by atoms with van der Waals surface area (Å²) in [4.78, 5) is 2.65. The topological polar surface area (TPSA) is 32.5 Å². The summed E-state index contributed by atoms with van der Waals surface area (Å²) >= 11 is 0. The highest BCUT2D eigenvalue weighted by molar-refractivity contribution is 4.93. The number of piperidine rings is 1. The number of hydrogen-bond donors (Lipinski definition) is 1. The Hall–Kier alpha value is -0.120. The third-order valence-electron chi connectivity index (χ3n) is 4.00. The molecule has 0 unspecified atom stereocenters. The van der Waals surface area contributed by atoms with Crippen molar-refractivity contribution in [1.29, 1.82) is 0 Å². The average molecular weight is 211 g/mol. The monoisotopic (exact) mass is 211 g/mol. The molecule has 0 saturated carbocycles. The van der Waals surface area contributed by atoms with Crippen LogP contribution in [0.5, 0.6) is 0 Å². The van der Waals surface area contributed by atoms with Crippen molar-refractivity contribution in [2.24, 2.45) is 17.2 Å². The molecule has 0 atom stereocenters. The second-order valence-electron chi connectivity index (χ2n) is 5.91. The fourth-order valence-electron chi connectivity index (χ4n) is 3.11. The summed E-state index contributed by atoms with van der Waals surface area (Å²) in [5, 5.41) is 1.98. The number of hydrazine groups is 1. The van der Waals surface area contributed by atoms with Crippen molar-refractivity contribution in [3.05, 3.63) is 0 Å². The maximum Gasteiger partial charge on any atom is 0.0134 e. The molecule has 0 bridgehead atoms. The van der Waals surface area contributed by atoms with Crippen LogP contribution in [-0.2, 0) is 0 Å². The Morgan fingerprint density at radius 2 is 1.73 bits per heavy atom. The zero-order valence-electron chi connectivity index (χ0n) is 10.2. The minimum atomic E-state index is 0.616. The van der Waals surface area contributed by atoms with Gasteiger partial charge in [-0.2, -0.15) is 0 Å². The van der Waals surface area contributed by atoms with Crippen LogP contribution >= 0.6 is 0 Å². The van der Waals surface area contributed by atoms with Crippen LogP contribution in [-0.4, -0.2) is 42.6 Å². The van der Waals surface area contributed by atoms with Crippen LogP contribution in [0.15, 0.2) is 0 Å². The Balaban J connectivity index is 1.85. The lowest BCUT2D eigenvalue weighted by atomic mass is 9.78. The molecule has 2 N–H and O–H groups in total. The van der Waals surface area contributed by atoms with Crippen LogP contribution < -0.4 is 5.84 Å². The van der Waals surface area contributed by atoms with E-state index in [2.05, 4.69) is 18.7 Å².